The first-order valence-corrected chi connectivity index (χ1v) is 16.2. The number of rotatable bonds is 13. The molecule has 1 aliphatic rings. The van der Waals surface area contributed by atoms with E-state index in [-0.39, 0.29) is 63.3 Å². The van der Waals surface area contributed by atoms with Gasteiger partial charge in [0.1, 0.15) is 12.3 Å². The van der Waals surface area contributed by atoms with Gasteiger partial charge in [0.2, 0.25) is 5.91 Å². The Morgan fingerprint density at radius 3 is 2.40 bits per heavy atom. The Morgan fingerprint density at radius 2 is 1.73 bits per heavy atom. The van der Waals surface area contributed by atoms with Crippen LogP contribution in [0, 0.1) is 12.7 Å². The zero-order valence-electron chi connectivity index (χ0n) is 35.6. The van der Waals surface area contributed by atoms with Crippen LogP contribution >= 0.6 is 11.8 Å². The number of likely N-dealkylation sites (N-methyl/N-ethyl adjacent to an activating group) is 1. The predicted molar refractivity (Wildman–Crippen MR) is 181 cm³/mol. The third-order valence-corrected chi connectivity index (χ3v) is 8.98. The molecule has 0 aliphatic heterocycles. The van der Waals surface area contributed by atoms with E-state index in [0.717, 1.165) is 64.2 Å². The molecule has 48 heavy (non-hydrogen) atoms. The van der Waals surface area contributed by atoms with Gasteiger partial charge < -0.3 is 14.4 Å². The summed E-state index contributed by atoms with van der Waals surface area (Å²) in [5, 5.41) is -0.139. The van der Waals surface area contributed by atoms with Crippen molar-refractivity contribution in [1.82, 2.24) is 19.4 Å². The zero-order valence-corrected chi connectivity index (χ0v) is 27.4. The topological polar surface area (TPSA) is 58.4 Å². The van der Waals surface area contributed by atoms with Crippen molar-refractivity contribution < 1.29 is 34.7 Å². The van der Waals surface area contributed by atoms with E-state index in [0.29, 0.717) is 12.0 Å². The summed E-state index contributed by atoms with van der Waals surface area (Å²) in [7, 11) is 0. The van der Waals surface area contributed by atoms with Crippen LogP contribution in [0.5, 0.6) is 0 Å². The number of thioether (sulfide) groups is 1. The minimum absolute atomic E-state index is 0.0652. The number of carbonyl (C=O) groups excluding carboxylic acids is 1. The van der Waals surface area contributed by atoms with E-state index < -0.39 is 80.2 Å². The number of hydrogen-bond donors (Lipinski definition) is 0. The van der Waals surface area contributed by atoms with Gasteiger partial charge in [-0.25, -0.2) is 4.39 Å². The summed E-state index contributed by atoms with van der Waals surface area (Å²) in [6.07, 6.45) is -3.64. The maximum Gasteiger partial charge on any atom is 0.416 e. The molecule has 0 saturated heterocycles. The molecule has 0 bridgehead atoms. The molecule has 0 N–H and O–H groups in total. The highest BCUT2D eigenvalue weighted by atomic mass is 32.2. The normalized spacial score (nSPS) is 16.5. The van der Waals surface area contributed by atoms with E-state index in [9.17, 15) is 29.9 Å². The van der Waals surface area contributed by atoms with Crippen LogP contribution in [0.1, 0.15) is 66.1 Å². The van der Waals surface area contributed by atoms with Gasteiger partial charge in [0, 0.05) is 42.1 Å². The number of carbonyl (C=O) groups is 1. The van der Waals surface area contributed by atoms with Gasteiger partial charge in [-0.3, -0.25) is 9.59 Å². The molecule has 0 saturated carbocycles. The van der Waals surface area contributed by atoms with Crippen molar-refractivity contribution in [2.45, 2.75) is 70.2 Å². The van der Waals surface area contributed by atoms with E-state index in [1.165, 1.54) is 31.2 Å². The molecule has 5 rings (SSSR count). The third kappa shape index (κ3) is 8.54. The fraction of sp³-hybridized carbons (Fsp3) is 0.378. The Kier molecular flexibility index (Phi) is 8.10. The number of halogens is 4. The minimum Gasteiger partial charge on any atom is -0.336 e. The average molecular weight is 690 g/mol. The fourth-order valence-corrected chi connectivity index (χ4v) is 6.21. The smallest absolute Gasteiger partial charge is 0.336 e. The van der Waals surface area contributed by atoms with E-state index in [4.69, 9.17) is 9.60 Å². The van der Waals surface area contributed by atoms with Gasteiger partial charge in [0.25, 0.3) is 5.56 Å². The number of hydrogen-bond acceptors (Lipinski definition) is 5. The van der Waals surface area contributed by atoms with Crippen molar-refractivity contribution >= 4 is 17.7 Å². The molecule has 0 unspecified atom stereocenters. The molecule has 1 heterocycles. The summed E-state index contributed by atoms with van der Waals surface area (Å²) in [4.78, 5) is 33.8. The SMILES string of the molecule is [2H]c1c([2H])c(-c2ccc(C(F)(F)F)cc2)c([2H])c(C)c1CN(CCN(C([2H])([2H])C)C([2H])([2H])C)C(=O)C([2H])([2H])n1c(SCc2ccc(F)cc2)nc(=O)c2c1CCC2. The first-order chi connectivity index (χ1) is 26.3. The van der Waals surface area contributed by atoms with Crippen molar-refractivity contribution in [1.29, 1.82) is 0 Å². The predicted octanol–water partition coefficient (Wildman–Crippen LogP) is 7.53. The van der Waals surface area contributed by atoms with Crippen LogP contribution in [0.4, 0.5) is 17.6 Å². The minimum atomic E-state index is -4.63. The van der Waals surface area contributed by atoms with Gasteiger partial charge in [0.05, 0.1) is 12.4 Å². The number of fused-ring (bicyclic) bond motifs is 1. The molecule has 3 aromatic carbocycles. The largest absolute Gasteiger partial charge is 0.416 e. The second-order valence-electron chi connectivity index (χ2n) is 11.1. The number of aromatic nitrogens is 2. The maximum atomic E-state index is 14.7. The molecule has 0 fully saturated rings. The second-order valence-corrected chi connectivity index (χ2v) is 12.0. The van der Waals surface area contributed by atoms with E-state index in [1.54, 1.807) is 0 Å². The van der Waals surface area contributed by atoms with Gasteiger partial charge in [-0.15, -0.1) is 0 Å². The molecule has 1 aliphatic carbocycles. The lowest BCUT2D eigenvalue weighted by molar-refractivity contribution is -0.137. The number of alkyl halides is 3. The van der Waals surface area contributed by atoms with Gasteiger partial charge in [0.15, 0.2) is 5.16 Å². The lowest BCUT2D eigenvalue weighted by atomic mass is 9.98. The molecule has 1 aromatic heterocycles. The summed E-state index contributed by atoms with van der Waals surface area (Å²) in [6.45, 7) is -5.45. The van der Waals surface area contributed by atoms with Crippen LogP contribution in [0.15, 0.2) is 76.6 Å². The maximum absolute atomic E-state index is 14.7. The van der Waals surface area contributed by atoms with Gasteiger partial charge in [-0.2, -0.15) is 18.2 Å². The number of benzene rings is 3. The van der Waals surface area contributed by atoms with Crippen LogP contribution in [0.2, 0.25) is 0 Å². The lowest BCUT2D eigenvalue weighted by Gasteiger charge is -2.28. The standard InChI is InChI=1S/C37H40F4N4O2S/c1-4-43(5-2)19-20-44(22-29-12-11-28(21-25(29)3)27-13-15-30(16-14-27)37(39,40)41)34(46)23-45-33-8-6-7-32(33)35(47)42-36(45)48-24-26-9-17-31(38)18-10-26/h9-18,21H,4-8,19-20,22-24H2,1-3H3/i4D2,5D2,11D,12D,21D,23D2. The Hall–Kier alpha value is -3.96. The van der Waals surface area contributed by atoms with Gasteiger partial charge >= 0.3 is 6.18 Å². The third-order valence-electron chi connectivity index (χ3n) is 7.97. The van der Waals surface area contributed by atoms with Crippen LogP contribution in [0.3, 0.4) is 0 Å². The monoisotopic (exact) mass is 689 g/mol. The van der Waals surface area contributed by atoms with Crippen molar-refractivity contribution in [3.63, 3.8) is 0 Å². The Balaban J connectivity index is 1.61. The van der Waals surface area contributed by atoms with Crippen LogP contribution in [0.25, 0.3) is 11.1 Å². The Morgan fingerprint density at radius 1 is 1.02 bits per heavy atom. The van der Waals surface area contributed by atoms with Crippen LogP contribution in [-0.4, -0.2) is 51.3 Å². The highest BCUT2D eigenvalue weighted by Gasteiger charge is 2.30. The van der Waals surface area contributed by atoms with Crippen LogP contribution in [-0.2, 0) is 42.6 Å². The molecule has 1 amide bonds. The highest BCUT2D eigenvalue weighted by Crippen LogP contribution is 2.32. The second kappa shape index (κ2) is 15.5. The fourth-order valence-electron chi connectivity index (χ4n) is 5.29. The first-order valence-electron chi connectivity index (χ1n) is 19.7. The molecule has 6 nitrogen and oxygen atoms in total. The quantitative estimate of drug-likeness (QED) is 0.0826. The van der Waals surface area contributed by atoms with Gasteiger partial charge in [-0.1, -0.05) is 68.0 Å². The van der Waals surface area contributed by atoms with Crippen molar-refractivity contribution in [3.8, 4) is 11.1 Å². The van der Waals surface area contributed by atoms with E-state index in [1.807, 2.05) is 0 Å². The zero-order chi connectivity index (χ0) is 42.4. The first kappa shape index (κ1) is 25.1. The number of nitrogens with zero attached hydrogens (tertiary/aromatic N) is 4. The summed E-state index contributed by atoms with van der Waals surface area (Å²) < 4.78 is 133. The van der Waals surface area contributed by atoms with Gasteiger partial charge in [-0.05, 0) is 91.3 Å². The molecule has 11 heteroatoms. The summed E-state index contributed by atoms with van der Waals surface area (Å²) in [5.41, 5.74) is -0.499. The number of amides is 1. The summed E-state index contributed by atoms with van der Waals surface area (Å²) >= 11 is 0.951. The molecule has 0 atom stereocenters. The van der Waals surface area contributed by atoms with E-state index in [2.05, 4.69) is 4.98 Å². The average Bonchev–Trinajstić information content (AvgIpc) is 3.60. The highest BCUT2D eigenvalue weighted by molar-refractivity contribution is 7.98. The summed E-state index contributed by atoms with van der Waals surface area (Å²) in [5.74, 6) is -1.58. The van der Waals surface area contributed by atoms with E-state index >= 15 is 0 Å². The molecular formula is C37H40F4N4O2S. The molecule has 0 spiro atoms. The molecule has 4 aromatic rings. The van der Waals surface area contributed by atoms with Crippen molar-refractivity contribution in [2.75, 3.05) is 26.1 Å². The molecular weight excluding hydrogens is 640 g/mol. The van der Waals surface area contributed by atoms with Crippen molar-refractivity contribution in [2.24, 2.45) is 0 Å². The van der Waals surface area contributed by atoms with Crippen molar-refractivity contribution in [3.05, 3.63) is 116 Å². The molecule has 254 valence electrons. The van der Waals surface area contributed by atoms with Crippen LogP contribution < -0.4 is 5.56 Å². The summed E-state index contributed by atoms with van der Waals surface area (Å²) in [6, 6.07) is 7.92. The lowest BCUT2D eigenvalue weighted by Crippen LogP contribution is -2.40. The Labute approximate surface area is 295 Å². The Bertz CT molecular complexity index is 2170. The molecule has 0 radical (unpaired) electrons.